The number of nitrogens with one attached hydrogen (secondary N) is 1. The fourth-order valence-corrected chi connectivity index (χ4v) is 1.01. The van der Waals surface area contributed by atoms with E-state index in [0.29, 0.717) is 5.69 Å². The minimum Gasteiger partial charge on any atom is -0.435 e. The summed E-state index contributed by atoms with van der Waals surface area (Å²) in [7, 11) is 0. The van der Waals surface area contributed by atoms with Crippen molar-refractivity contribution >= 4 is 11.6 Å². The van der Waals surface area contributed by atoms with E-state index >= 15 is 0 Å². The van der Waals surface area contributed by atoms with E-state index in [1.165, 1.54) is 24.3 Å². The molecule has 1 aromatic carbocycles. The molecule has 6 heteroatoms. The number of ether oxygens (including phenoxy) is 1. The van der Waals surface area contributed by atoms with E-state index in [1.807, 2.05) is 0 Å². The van der Waals surface area contributed by atoms with Gasteiger partial charge in [0, 0.05) is 5.69 Å². The summed E-state index contributed by atoms with van der Waals surface area (Å²) in [5.74, 6) is -0.329. The van der Waals surface area contributed by atoms with Gasteiger partial charge in [-0.05, 0) is 38.1 Å². The van der Waals surface area contributed by atoms with Crippen molar-refractivity contribution in [1.29, 1.82) is 0 Å². The maximum absolute atomic E-state index is 11.9. The average Bonchev–Trinajstić information content (AvgIpc) is 2.18. The monoisotopic (exact) mass is 244 g/mol. The van der Waals surface area contributed by atoms with Crippen LogP contribution in [-0.2, 0) is 4.79 Å². The molecule has 0 bridgehead atoms. The predicted molar refractivity (Wildman–Crippen MR) is 60.0 cm³/mol. The molecule has 0 aliphatic heterocycles. The molecule has 0 atom stereocenters. The molecule has 4 nitrogen and oxygen atoms in total. The fraction of sp³-hybridized carbons (Fsp3) is 0.364. The maximum atomic E-state index is 11.9. The molecule has 3 N–H and O–H groups in total. The smallest absolute Gasteiger partial charge is 0.387 e. The van der Waals surface area contributed by atoms with Gasteiger partial charge < -0.3 is 15.8 Å². The Morgan fingerprint density at radius 1 is 1.35 bits per heavy atom. The third-order valence-electron chi connectivity index (χ3n) is 1.92. The van der Waals surface area contributed by atoms with E-state index in [1.54, 1.807) is 13.8 Å². The zero-order valence-corrected chi connectivity index (χ0v) is 9.54. The third kappa shape index (κ3) is 4.36. The van der Waals surface area contributed by atoms with Gasteiger partial charge >= 0.3 is 6.61 Å². The highest BCUT2D eigenvalue weighted by Gasteiger charge is 2.21. The summed E-state index contributed by atoms with van der Waals surface area (Å²) >= 11 is 0. The molecule has 0 aliphatic carbocycles. The van der Waals surface area contributed by atoms with Crippen LogP contribution in [0.4, 0.5) is 14.5 Å². The molecule has 1 rings (SSSR count). The maximum Gasteiger partial charge on any atom is 0.387 e. The molecule has 0 saturated heterocycles. The molecule has 0 heterocycles. The number of hydrogen-bond donors (Lipinski definition) is 2. The van der Waals surface area contributed by atoms with Crippen LogP contribution < -0.4 is 15.8 Å². The van der Waals surface area contributed by atoms with E-state index < -0.39 is 12.2 Å². The lowest BCUT2D eigenvalue weighted by Gasteiger charge is -2.17. The number of rotatable bonds is 4. The summed E-state index contributed by atoms with van der Waals surface area (Å²) in [5, 5.41) is 2.56. The second-order valence-corrected chi connectivity index (χ2v) is 4.08. The topological polar surface area (TPSA) is 64.4 Å². The van der Waals surface area contributed by atoms with Gasteiger partial charge in [-0.2, -0.15) is 8.78 Å². The number of benzene rings is 1. The Hall–Kier alpha value is -1.69. The van der Waals surface area contributed by atoms with Crippen LogP contribution in [0.25, 0.3) is 0 Å². The first-order valence-electron chi connectivity index (χ1n) is 4.94. The molecule has 0 saturated carbocycles. The van der Waals surface area contributed by atoms with Crippen molar-refractivity contribution < 1.29 is 18.3 Å². The Bertz CT molecular complexity index is 385. The number of hydrogen-bond acceptors (Lipinski definition) is 3. The SMILES string of the molecule is CC(C)(N)C(=O)Nc1ccc(OC(F)F)cc1. The summed E-state index contributed by atoms with van der Waals surface area (Å²) in [6.45, 7) is 0.270. The molecule has 1 amide bonds. The Morgan fingerprint density at radius 2 is 1.88 bits per heavy atom. The van der Waals surface area contributed by atoms with Crippen LogP contribution >= 0.6 is 0 Å². The summed E-state index contributed by atoms with van der Waals surface area (Å²) < 4.78 is 27.9. The molecule has 17 heavy (non-hydrogen) atoms. The Balaban J connectivity index is 2.66. The molecule has 0 radical (unpaired) electrons. The van der Waals surface area contributed by atoms with Crippen LogP contribution in [0.5, 0.6) is 5.75 Å². The minimum absolute atomic E-state index is 0.0324. The van der Waals surface area contributed by atoms with E-state index in [0.717, 1.165) is 0 Å². The quantitative estimate of drug-likeness (QED) is 0.851. The first kappa shape index (κ1) is 13.4. The molecular weight excluding hydrogens is 230 g/mol. The van der Waals surface area contributed by atoms with Crippen molar-refractivity contribution in [3.63, 3.8) is 0 Å². The highest BCUT2D eigenvalue weighted by molar-refractivity contribution is 5.97. The number of alkyl halides is 2. The molecule has 94 valence electrons. The zero-order chi connectivity index (χ0) is 13.1. The number of anilines is 1. The van der Waals surface area contributed by atoms with Gasteiger partial charge in [0.25, 0.3) is 0 Å². The van der Waals surface area contributed by atoms with E-state index in [9.17, 15) is 13.6 Å². The van der Waals surface area contributed by atoms with Gasteiger partial charge in [-0.1, -0.05) is 0 Å². The number of nitrogens with two attached hydrogens (primary N) is 1. The highest BCUT2D eigenvalue weighted by atomic mass is 19.3. The third-order valence-corrected chi connectivity index (χ3v) is 1.92. The fourth-order valence-electron chi connectivity index (χ4n) is 1.01. The van der Waals surface area contributed by atoms with Gasteiger partial charge in [0.15, 0.2) is 0 Å². The zero-order valence-electron chi connectivity index (χ0n) is 9.54. The van der Waals surface area contributed by atoms with Crippen LogP contribution in [0.3, 0.4) is 0 Å². The van der Waals surface area contributed by atoms with Gasteiger partial charge in [0.2, 0.25) is 5.91 Å². The molecule has 0 aromatic heterocycles. The summed E-state index contributed by atoms with van der Waals surface area (Å²) in [6.07, 6.45) is 0. The van der Waals surface area contributed by atoms with Crippen LogP contribution in [-0.4, -0.2) is 18.1 Å². The Kier molecular flexibility index (Phi) is 4.01. The molecule has 0 unspecified atom stereocenters. The van der Waals surface area contributed by atoms with Gasteiger partial charge in [0.1, 0.15) is 5.75 Å². The lowest BCUT2D eigenvalue weighted by atomic mass is 10.1. The van der Waals surface area contributed by atoms with Gasteiger partial charge in [0.05, 0.1) is 5.54 Å². The van der Waals surface area contributed by atoms with Crippen molar-refractivity contribution in [1.82, 2.24) is 0 Å². The molecule has 0 fully saturated rings. The summed E-state index contributed by atoms with van der Waals surface area (Å²) in [6, 6.07) is 5.60. The van der Waals surface area contributed by atoms with E-state index in [2.05, 4.69) is 10.1 Å². The lowest BCUT2D eigenvalue weighted by molar-refractivity contribution is -0.120. The van der Waals surface area contributed by atoms with Crippen LogP contribution in [0.15, 0.2) is 24.3 Å². The normalized spacial score (nSPS) is 11.4. The van der Waals surface area contributed by atoms with Crippen LogP contribution in [0.1, 0.15) is 13.8 Å². The van der Waals surface area contributed by atoms with Gasteiger partial charge in [-0.15, -0.1) is 0 Å². The predicted octanol–water partition coefficient (Wildman–Crippen LogP) is 1.96. The number of carbonyl (C=O) groups is 1. The lowest BCUT2D eigenvalue weighted by Crippen LogP contribution is -2.45. The number of halogens is 2. The largest absolute Gasteiger partial charge is 0.435 e. The average molecular weight is 244 g/mol. The number of amides is 1. The first-order chi connectivity index (χ1) is 7.79. The molecular formula is C11H14F2N2O2. The van der Waals surface area contributed by atoms with E-state index in [4.69, 9.17) is 5.73 Å². The van der Waals surface area contributed by atoms with Crippen molar-refractivity contribution in [3.8, 4) is 5.75 Å². The Morgan fingerprint density at radius 3 is 2.29 bits per heavy atom. The first-order valence-corrected chi connectivity index (χ1v) is 4.94. The highest BCUT2D eigenvalue weighted by Crippen LogP contribution is 2.18. The molecule has 1 aromatic rings. The second kappa shape index (κ2) is 5.09. The van der Waals surface area contributed by atoms with Crippen molar-refractivity contribution in [2.24, 2.45) is 5.73 Å². The summed E-state index contributed by atoms with van der Waals surface area (Å²) in [4.78, 5) is 11.5. The van der Waals surface area contributed by atoms with Crippen LogP contribution in [0.2, 0.25) is 0 Å². The van der Waals surface area contributed by atoms with Crippen molar-refractivity contribution in [3.05, 3.63) is 24.3 Å². The standard InChI is InChI=1S/C11H14F2N2O2/c1-11(2,14)9(16)15-7-3-5-8(6-4-7)17-10(12)13/h3-6,10H,14H2,1-2H3,(H,15,16). The van der Waals surface area contributed by atoms with Crippen LogP contribution in [0, 0.1) is 0 Å². The Labute approximate surface area is 97.8 Å². The summed E-state index contributed by atoms with van der Waals surface area (Å²) in [5.41, 5.74) is 5.05. The van der Waals surface area contributed by atoms with E-state index in [-0.39, 0.29) is 11.7 Å². The minimum atomic E-state index is -2.86. The van der Waals surface area contributed by atoms with Gasteiger partial charge in [-0.25, -0.2) is 0 Å². The van der Waals surface area contributed by atoms with Crippen molar-refractivity contribution in [2.75, 3.05) is 5.32 Å². The molecule has 0 aliphatic rings. The second-order valence-electron chi connectivity index (χ2n) is 4.08. The van der Waals surface area contributed by atoms with Crippen molar-refractivity contribution in [2.45, 2.75) is 26.0 Å². The number of carbonyl (C=O) groups excluding carboxylic acids is 1. The molecule has 0 spiro atoms. The van der Waals surface area contributed by atoms with Gasteiger partial charge in [-0.3, -0.25) is 4.79 Å².